The Morgan fingerprint density at radius 3 is 2.72 bits per heavy atom. The normalized spacial score (nSPS) is 26.9. The van der Waals surface area contributed by atoms with Gasteiger partial charge in [0.2, 0.25) is 5.91 Å². The smallest absolute Gasteiger partial charge is 0.258 e. The molecule has 0 aromatic carbocycles. The predicted octanol–water partition coefficient (Wildman–Crippen LogP) is 1.97. The molecule has 1 saturated heterocycles. The van der Waals surface area contributed by atoms with Crippen LogP contribution in [-0.2, 0) is 17.9 Å². The fourth-order valence-electron chi connectivity index (χ4n) is 5.45. The molecule has 3 aliphatic rings. The van der Waals surface area contributed by atoms with E-state index in [9.17, 15) is 14.7 Å². The standard InChI is InChI=1S/C25H30N4O3/c1-2-3-18-6-7-20-23-22(24(31)27-12-16-4-5-16)19(15-30)21(14-29(20)25(18)32)28(23)13-17-8-10-26-11-9-17/h2-3,6-11,16,19,21-23,30H,4-5,12-15H2,1H3,(H,27,31)/b3-2-/t19-,21-,22+,23+/m0/s1. The Hall–Kier alpha value is -2.77. The Morgan fingerprint density at radius 1 is 1.25 bits per heavy atom. The summed E-state index contributed by atoms with van der Waals surface area (Å²) in [5, 5.41) is 13.5. The molecule has 4 atom stereocenters. The summed E-state index contributed by atoms with van der Waals surface area (Å²) >= 11 is 0. The van der Waals surface area contributed by atoms with Crippen molar-refractivity contribution in [1.82, 2.24) is 19.8 Å². The summed E-state index contributed by atoms with van der Waals surface area (Å²) in [7, 11) is 0. The molecule has 1 amide bonds. The number of aliphatic hydroxyl groups excluding tert-OH is 1. The number of fused-ring (bicyclic) bond motifs is 4. The van der Waals surface area contributed by atoms with Gasteiger partial charge < -0.3 is 15.0 Å². The Bertz CT molecular complexity index is 1080. The maximum Gasteiger partial charge on any atom is 0.258 e. The van der Waals surface area contributed by atoms with E-state index in [1.54, 1.807) is 12.4 Å². The first kappa shape index (κ1) is 21.1. The summed E-state index contributed by atoms with van der Waals surface area (Å²) in [6, 6.07) is 7.44. The molecule has 1 saturated carbocycles. The first-order valence-corrected chi connectivity index (χ1v) is 11.5. The average Bonchev–Trinajstić information content (AvgIpc) is 3.60. The molecular weight excluding hydrogens is 404 g/mol. The van der Waals surface area contributed by atoms with Crippen LogP contribution in [-0.4, -0.2) is 44.7 Å². The first-order valence-electron chi connectivity index (χ1n) is 11.5. The molecule has 2 fully saturated rings. The van der Waals surface area contributed by atoms with Gasteiger partial charge in [0.15, 0.2) is 0 Å². The van der Waals surface area contributed by atoms with Crippen LogP contribution in [0.25, 0.3) is 6.08 Å². The second kappa shape index (κ2) is 8.64. The van der Waals surface area contributed by atoms with Gasteiger partial charge in [-0.3, -0.25) is 19.5 Å². The Balaban J connectivity index is 1.56. The second-order valence-corrected chi connectivity index (χ2v) is 9.23. The zero-order valence-electron chi connectivity index (χ0n) is 18.4. The molecule has 168 valence electrons. The molecular formula is C25H30N4O3. The molecule has 7 nitrogen and oxygen atoms in total. The lowest BCUT2D eigenvalue weighted by atomic mass is 9.86. The zero-order valence-corrected chi connectivity index (χ0v) is 18.4. The number of carbonyl (C=O) groups is 1. The van der Waals surface area contributed by atoms with Crippen molar-refractivity contribution in [3.05, 3.63) is 69.9 Å². The van der Waals surface area contributed by atoms with Crippen molar-refractivity contribution in [2.75, 3.05) is 13.2 Å². The topological polar surface area (TPSA) is 87.5 Å². The quantitative estimate of drug-likeness (QED) is 0.696. The van der Waals surface area contributed by atoms with Crippen LogP contribution >= 0.6 is 0 Å². The number of hydrogen-bond acceptors (Lipinski definition) is 5. The minimum absolute atomic E-state index is 0.0124. The maximum absolute atomic E-state index is 13.4. The van der Waals surface area contributed by atoms with Gasteiger partial charge in [-0.2, -0.15) is 0 Å². The van der Waals surface area contributed by atoms with E-state index < -0.39 is 5.92 Å². The number of aromatic nitrogens is 2. The third-order valence-electron chi connectivity index (χ3n) is 7.23. The molecule has 2 aliphatic heterocycles. The lowest BCUT2D eigenvalue weighted by Crippen LogP contribution is -2.46. The predicted molar refractivity (Wildman–Crippen MR) is 122 cm³/mol. The number of nitrogens with zero attached hydrogens (tertiary/aromatic N) is 3. The van der Waals surface area contributed by atoms with E-state index in [1.165, 1.54) is 12.8 Å². The van der Waals surface area contributed by atoms with E-state index in [2.05, 4.69) is 15.2 Å². The number of amides is 1. The van der Waals surface area contributed by atoms with E-state index in [-0.39, 0.29) is 36.1 Å². The molecule has 2 bridgehead atoms. The molecule has 2 aromatic rings. The van der Waals surface area contributed by atoms with Gasteiger partial charge in [0.1, 0.15) is 0 Å². The summed E-state index contributed by atoms with van der Waals surface area (Å²) in [6.07, 6.45) is 9.56. The highest BCUT2D eigenvalue weighted by Gasteiger charge is 2.55. The number of pyridine rings is 2. The second-order valence-electron chi connectivity index (χ2n) is 9.23. The summed E-state index contributed by atoms with van der Waals surface area (Å²) in [4.78, 5) is 33.0. The number of allylic oxidation sites excluding steroid dienone is 1. The number of rotatable bonds is 7. The monoisotopic (exact) mass is 434 g/mol. The lowest BCUT2D eigenvalue weighted by molar-refractivity contribution is -0.127. The molecule has 2 aromatic heterocycles. The van der Waals surface area contributed by atoms with Gasteiger partial charge in [-0.15, -0.1) is 0 Å². The first-order chi connectivity index (χ1) is 15.6. The van der Waals surface area contributed by atoms with Gasteiger partial charge in [-0.05, 0) is 55.5 Å². The van der Waals surface area contributed by atoms with Gasteiger partial charge in [0.25, 0.3) is 5.56 Å². The van der Waals surface area contributed by atoms with Gasteiger partial charge in [0.05, 0.1) is 12.0 Å². The van der Waals surface area contributed by atoms with Crippen LogP contribution in [0.15, 0.2) is 47.5 Å². The SMILES string of the molecule is C/C=C\c1ccc2n(c1=O)C[C@H]1[C@H](CO)[C@@H](C(=O)NCC3CC3)[C@@H]2N1Cc1ccncc1. The van der Waals surface area contributed by atoms with E-state index in [4.69, 9.17) is 0 Å². The van der Waals surface area contributed by atoms with E-state index in [0.29, 0.717) is 31.1 Å². The van der Waals surface area contributed by atoms with E-state index in [1.807, 2.05) is 47.9 Å². The molecule has 0 unspecified atom stereocenters. The van der Waals surface area contributed by atoms with Gasteiger partial charge >= 0.3 is 0 Å². The fraction of sp³-hybridized carbons (Fsp3) is 0.480. The van der Waals surface area contributed by atoms with Crippen molar-refractivity contribution in [2.24, 2.45) is 17.8 Å². The summed E-state index contributed by atoms with van der Waals surface area (Å²) in [5.41, 5.74) is 2.58. The van der Waals surface area contributed by atoms with Crippen molar-refractivity contribution in [3.63, 3.8) is 0 Å². The molecule has 0 radical (unpaired) electrons. The maximum atomic E-state index is 13.4. The van der Waals surface area contributed by atoms with Crippen molar-refractivity contribution in [2.45, 2.75) is 44.9 Å². The Morgan fingerprint density at radius 2 is 2.03 bits per heavy atom. The summed E-state index contributed by atoms with van der Waals surface area (Å²) in [5.74, 6) is -0.0584. The number of aliphatic hydroxyl groups is 1. The van der Waals surface area contributed by atoms with Gasteiger partial charge in [-0.1, -0.05) is 12.2 Å². The third-order valence-corrected chi connectivity index (χ3v) is 7.23. The highest BCUT2D eigenvalue weighted by atomic mass is 16.3. The van der Waals surface area contributed by atoms with Crippen LogP contribution in [0.3, 0.4) is 0 Å². The average molecular weight is 435 g/mol. The minimum Gasteiger partial charge on any atom is -0.396 e. The van der Waals surface area contributed by atoms with Gasteiger partial charge in [0, 0.05) is 61.9 Å². The highest BCUT2D eigenvalue weighted by Crippen LogP contribution is 2.49. The largest absolute Gasteiger partial charge is 0.396 e. The number of hydrogen-bond donors (Lipinski definition) is 2. The minimum atomic E-state index is -0.397. The van der Waals surface area contributed by atoms with Crippen molar-refractivity contribution in [3.8, 4) is 0 Å². The summed E-state index contributed by atoms with van der Waals surface area (Å²) in [6.45, 7) is 3.62. The lowest BCUT2D eigenvalue weighted by Gasteiger charge is -2.38. The van der Waals surface area contributed by atoms with Crippen molar-refractivity contribution in [1.29, 1.82) is 0 Å². The van der Waals surface area contributed by atoms with E-state index >= 15 is 0 Å². The van der Waals surface area contributed by atoms with Crippen molar-refractivity contribution >= 4 is 12.0 Å². The van der Waals surface area contributed by atoms with Crippen LogP contribution in [0.4, 0.5) is 0 Å². The molecule has 32 heavy (non-hydrogen) atoms. The Labute approximate surface area is 187 Å². The van der Waals surface area contributed by atoms with Crippen molar-refractivity contribution < 1.29 is 9.90 Å². The zero-order chi connectivity index (χ0) is 22.2. The fourth-order valence-corrected chi connectivity index (χ4v) is 5.45. The summed E-state index contributed by atoms with van der Waals surface area (Å²) < 4.78 is 1.82. The molecule has 0 spiro atoms. The molecule has 1 aliphatic carbocycles. The van der Waals surface area contributed by atoms with E-state index in [0.717, 1.165) is 11.3 Å². The number of carbonyl (C=O) groups excluding carboxylic acids is 1. The number of nitrogens with one attached hydrogen (secondary N) is 1. The molecule has 4 heterocycles. The molecule has 2 N–H and O–H groups in total. The molecule has 7 heteroatoms. The van der Waals surface area contributed by atoms with Crippen LogP contribution in [0.2, 0.25) is 0 Å². The Kier molecular flexibility index (Phi) is 5.69. The van der Waals surface area contributed by atoms with Gasteiger partial charge in [-0.25, -0.2) is 0 Å². The molecule has 5 rings (SSSR count). The van der Waals surface area contributed by atoms with Crippen LogP contribution in [0.5, 0.6) is 0 Å². The van der Waals surface area contributed by atoms with Crippen LogP contribution in [0.1, 0.15) is 42.6 Å². The third kappa shape index (κ3) is 3.69. The van der Waals surface area contributed by atoms with Crippen LogP contribution < -0.4 is 10.9 Å². The highest BCUT2D eigenvalue weighted by molar-refractivity contribution is 5.80. The van der Waals surface area contributed by atoms with Crippen LogP contribution in [0, 0.1) is 17.8 Å².